The minimum atomic E-state index is -1.17. The second-order valence-corrected chi connectivity index (χ2v) is 8.10. The van der Waals surface area contributed by atoms with Gasteiger partial charge in [0.1, 0.15) is 0 Å². The van der Waals surface area contributed by atoms with Crippen molar-refractivity contribution in [2.45, 2.75) is 19.8 Å². The van der Waals surface area contributed by atoms with Crippen LogP contribution in [0.2, 0.25) is 5.02 Å². The first-order valence-electron chi connectivity index (χ1n) is 10.5. The summed E-state index contributed by atoms with van der Waals surface area (Å²) in [5, 5.41) is 12.3. The number of carboxylic acid groups (broad SMARTS) is 1. The van der Waals surface area contributed by atoms with Crippen LogP contribution in [-0.2, 0) is 14.3 Å². The molecule has 0 amide bonds. The van der Waals surface area contributed by atoms with Crippen LogP contribution in [0.3, 0.4) is 0 Å². The second-order valence-electron chi connectivity index (χ2n) is 7.70. The molecule has 0 saturated heterocycles. The van der Waals surface area contributed by atoms with Gasteiger partial charge < -0.3 is 24.6 Å². The lowest BCUT2D eigenvalue weighted by Gasteiger charge is -2.29. The van der Waals surface area contributed by atoms with E-state index in [9.17, 15) is 14.4 Å². The lowest BCUT2D eigenvalue weighted by Crippen LogP contribution is -2.29. The number of aliphatic carboxylic acids is 1. The molecule has 0 radical (unpaired) electrons. The largest absolute Gasteiger partial charge is 0.493 e. The molecule has 0 saturated carbocycles. The van der Waals surface area contributed by atoms with Crippen LogP contribution in [0.1, 0.15) is 41.3 Å². The number of fused-ring (bicyclic) bond motifs is 2. The van der Waals surface area contributed by atoms with Crippen molar-refractivity contribution in [2.75, 3.05) is 20.3 Å². The molecule has 0 aromatic heterocycles. The van der Waals surface area contributed by atoms with Crippen LogP contribution in [0.25, 0.3) is 5.70 Å². The Morgan fingerprint density at radius 3 is 2.53 bits per heavy atom. The summed E-state index contributed by atoms with van der Waals surface area (Å²) in [5.41, 5.74) is 3.62. The smallest absolute Gasteiger partial charge is 0.341 e. The molecule has 1 heterocycles. The summed E-state index contributed by atoms with van der Waals surface area (Å²) in [6.45, 7) is 3.00. The molecule has 34 heavy (non-hydrogen) atoms. The first kappa shape index (κ1) is 23.4. The third kappa shape index (κ3) is 3.90. The number of carbonyl (C=O) groups is 3. The topological polar surface area (TPSA) is 111 Å². The molecular weight excluding hydrogens is 462 g/mol. The molecular formula is C25H22ClNO7. The van der Waals surface area contributed by atoms with Crippen molar-refractivity contribution >= 4 is 35.0 Å². The number of benzene rings is 2. The summed E-state index contributed by atoms with van der Waals surface area (Å²) in [5.74, 6) is -2.51. The molecule has 2 aromatic rings. The Kier molecular flexibility index (Phi) is 6.34. The quantitative estimate of drug-likeness (QED) is 0.569. The summed E-state index contributed by atoms with van der Waals surface area (Å²) in [6.07, 6.45) is 0. The number of halogens is 1. The number of ketones is 1. The Hall–Kier alpha value is -3.78. The van der Waals surface area contributed by atoms with Crippen LogP contribution in [0.15, 0.2) is 53.2 Å². The summed E-state index contributed by atoms with van der Waals surface area (Å²) in [4.78, 5) is 37.5. The fourth-order valence-electron chi connectivity index (χ4n) is 4.32. The zero-order valence-corrected chi connectivity index (χ0v) is 19.5. The summed E-state index contributed by atoms with van der Waals surface area (Å²) in [7, 11) is 1.39. The number of esters is 1. The molecule has 2 N–H and O–H groups in total. The number of dihydropyridines is 1. The van der Waals surface area contributed by atoms with Crippen LogP contribution in [0.4, 0.5) is 0 Å². The van der Waals surface area contributed by atoms with E-state index in [-0.39, 0.29) is 34.5 Å². The predicted molar refractivity (Wildman–Crippen MR) is 124 cm³/mol. The lowest BCUT2D eigenvalue weighted by molar-refractivity contribution is -0.140. The molecule has 4 rings (SSSR count). The van der Waals surface area contributed by atoms with Crippen molar-refractivity contribution in [3.8, 4) is 11.5 Å². The summed E-state index contributed by atoms with van der Waals surface area (Å²) in [6, 6.07) is 10.3. The third-order valence-electron chi connectivity index (χ3n) is 5.67. The number of hydrogen-bond acceptors (Lipinski definition) is 7. The van der Waals surface area contributed by atoms with E-state index in [2.05, 4.69) is 5.32 Å². The van der Waals surface area contributed by atoms with Crippen molar-refractivity contribution in [3.63, 3.8) is 0 Å². The van der Waals surface area contributed by atoms with Gasteiger partial charge >= 0.3 is 11.9 Å². The molecule has 0 spiro atoms. The van der Waals surface area contributed by atoms with Gasteiger partial charge in [0.05, 0.1) is 30.0 Å². The van der Waals surface area contributed by atoms with Crippen LogP contribution >= 0.6 is 11.6 Å². The number of ether oxygens (including phenoxy) is 3. The van der Waals surface area contributed by atoms with Gasteiger partial charge in [-0.25, -0.2) is 9.59 Å². The highest BCUT2D eigenvalue weighted by atomic mass is 35.5. The van der Waals surface area contributed by atoms with Crippen LogP contribution in [0, 0.1) is 0 Å². The first-order chi connectivity index (χ1) is 16.3. The van der Waals surface area contributed by atoms with E-state index < -0.39 is 24.5 Å². The Morgan fingerprint density at radius 1 is 1.18 bits per heavy atom. The number of Topliss-reactive ketones (excluding diaryl/α,β-unsaturated/α-hetero) is 1. The summed E-state index contributed by atoms with van der Waals surface area (Å²) >= 11 is 6.46. The molecule has 0 bridgehead atoms. The van der Waals surface area contributed by atoms with Gasteiger partial charge in [-0.2, -0.15) is 0 Å². The van der Waals surface area contributed by atoms with Gasteiger partial charge in [-0.05, 0) is 31.5 Å². The maximum atomic E-state index is 13.5. The highest BCUT2D eigenvalue weighted by Crippen LogP contribution is 2.49. The maximum absolute atomic E-state index is 13.5. The molecule has 2 aliphatic rings. The predicted octanol–water partition coefficient (Wildman–Crippen LogP) is 3.94. The van der Waals surface area contributed by atoms with Gasteiger partial charge in [-0.3, -0.25) is 4.79 Å². The molecule has 2 aromatic carbocycles. The standard InChI is InChI=1S/C25H22ClNO7/c1-4-33-25(31)19-12(2)27-22-14-7-5-6-8-15(14)23(30)21(22)20(19)13-9-16(26)24(17(10-13)32-3)34-11-18(28)29/h5-10,20,27H,4,11H2,1-3H3,(H,28,29)/t20-/m0/s1. The number of methoxy groups -OCH3 is 1. The fourth-order valence-corrected chi connectivity index (χ4v) is 4.60. The molecule has 1 aliphatic carbocycles. The van der Waals surface area contributed by atoms with Gasteiger partial charge in [0, 0.05) is 28.3 Å². The number of carboxylic acids is 1. The van der Waals surface area contributed by atoms with Gasteiger partial charge in [0.15, 0.2) is 23.9 Å². The third-order valence-corrected chi connectivity index (χ3v) is 5.95. The van der Waals surface area contributed by atoms with E-state index in [1.807, 2.05) is 12.1 Å². The first-order valence-corrected chi connectivity index (χ1v) is 10.9. The number of carbonyl (C=O) groups excluding carboxylic acids is 2. The average Bonchev–Trinajstić information content (AvgIpc) is 3.08. The molecule has 8 nitrogen and oxygen atoms in total. The summed E-state index contributed by atoms with van der Waals surface area (Å²) < 4.78 is 16.0. The van der Waals surface area contributed by atoms with Crippen LogP contribution in [0.5, 0.6) is 11.5 Å². The molecule has 0 unspecified atom stereocenters. The van der Waals surface area contributed by atoms with Gasteiger partial charge in [-0.1, -0.05) is 35.9 Å². The van der Waals surface area contributed by atoms with E-state index in [0.717, 1.165) is 5.56 Å². The SMILES string of the molecule is CCOC(=O)C1=C(C)NC2=C(C(=O)c3ccccc32)[C@H]1c1cc(Cl)c(OCC(=O)O)c(OC)c1. The van der Waals surface area contributed by atoms with Gasteiger partial charge in [-0.15, -0.1) is 0 Å². The highest BCUT2D eigenvalue weighted by Gasteiger charge is 2.43. The fraction of sp³-hybridized carbons (Fsp3) is 0.240. The van der Waals surface area contributed by atoms with Gasteiger partial charge in [0.2, 0.25) is 0 Å². The Bertz CT molecular complexity index is 1280. The van der Waals surface area contributed by atoms with Crippen molar-refractivity contribution < 1.29 is 33.7 Å². The number of hydrogen-bond donors (Lipinski definition) is 2. The van der Waals surface area contributed by atoms with E-state index in [1.165, 1.54) is 7.11 Å². The minimum absolute atomic E-state index is 0.0536. The number of rotatable bonds is 7. The molecule has 1 atom stereocenters. The normalized spacial score (nSPS) is 16.6. The Labute approximate surface area is 200 Å². The molecule has 0 fully saturated rings. The Balaban J connectivity index is 1.91. The van der Waals surface area contributed by atoms with E-state index >= 15 is 0 Å². The van der Waals surface area contributed by atoms with Crippen LogP contribution < -0.4 is 14.8 Å². The maximum Gasteiger partial charge on any atom is 0.341 e. The second kappa shape index (κ2) is 9.23. The minimum Gasteiger partial charge on any atom is -0.493 e. The lowest BCUT2D eigenvalue weighted by atomic mass is 9.79. The average molecular weight is 484 g/mol. The van der Waals surface area contributed by atoms with Crippen molar-refractivity contribution in [2.24, 2.45) is 0 Å². The zero-order chi connectivity index (χ0) is 24.6. The van der Waals surface area contributed by atoms with E-state index in [0.29, 0.717) is 28.1 Å². The van der Waals surface area contributed by atoms with Gasteiger partial charge in [0.25, 0.3) is 0 Å². The van der Waals surface area contributed by atoms with E-state index in [4.69, 9.17) is 30.9 Å². The highest BCUT2D eigenvalue weighted by molar-refractivity contribution is 6.32. The van der Waals surface area contributed by atoms with Crippen molar-refractivity contribution in [1.82, 2.24) is 5.32 Å². The number of nitrogens with one attached hydrogen (secondary N) is 1. The van der Waals surface area contributed by atoms with Crippen molar-refractivity contribution in [1.29, 1.82) is 0 Å². The van der Waals surface area contributed by atoms with Crippen LogP contribution in [-0.4, -0.2) is 43.2 Å². The molecule has 1 aliphatic heterocycles. The zero-order valence-electron chi connectivity index (χ0n) is 18.7. The Morgan fingerprint density at radius 2 is 1.88 bits per heavy atom. The van der Waals surface area contributed by atoms with E-state index in [1.54, 1.807) is 38.1 Å². The van der Waals surface area contributed by atoms with Crippen molar-refractivity contribution in [3.05, 3.63) is 75.0 Å². The molecule has 176 valence electrons. The number of allylic oxidation sites excluding steroid dienone is 2. The molecule has 9 heteroatoms. The monoisotopic (exact) mass is 483 g/mol.